The summed E-state index contributed by atoms with van der Waals surface area (Å²) in [4.78, 5) is 28.9. The molecule has 148 valence electrons. The third-order valence-corrected chi connectivity index (χ3v) is 5.31. The van der Waals surface area contributed by atoms with Crippen LogP contribution in [0.2, 0.25) is 0 Å². The van der Waals surface area contributed by atoms with Crippen molar-refractivity contribution in [1.29, 1.82) is 0 Å². The number of rotatable bonds is 5. The van der Waals surface area contributed by atoms with Gasteiger partial charge in [0.1, 0.15) is 5.82 Å². The van der Waals surface area contributed by atoms with Gasteiger partial charge in [-0.2, -0.15) is 0 Å². The molecule has 1 amide bonds. The zero-order chi connectivity index (χ0) is 19.9. The molecule has 0 unspecified atom stereocenters. The van der Waals surface area contributed by atoms with Crippen molar-refractivity contribution in [1.82, 2.24) is 9.80 Å². The molecule has 1 fully saturated rings. The fourth-order valence-electron chi connectivity index (χ4n) is 3.68. The van der Waals surface area contributed by atoms with Crippen LogP contribution in [0.4, 0.5) is 4.39 Å². The summed E-state index contributed by atoms with van der Waals surface area (Å²) in [6.45, 7) is 5.47. The highest BCUT2D eigenvalue weighted by Crippen LogP contribution is 2.20. The second-order valence-corrected chi connectivity index (χ2v) is 7.63. The van der Waals surface area contributed by atoms with E-state index in [0.29, 0.717) is 24.6 Å². The zero-order valence-corrected chi connectivity index (χ0v) is 16.3. The molecule has 2 aliphatic rings. The van der Waals surface area contributed by atoms with Gasteiger partial charge in [0, 0.05) is 24.7 Å². The number of Topliss-reactive ketones (excluding diaryl/α,β-unsaturated/α-hetero) is 1. The Balaban J connectivity index is 1.50. The highest BCUT2D eigenvalue weighted by atomic mass is 19.1. The average Bonchev–Trinajstić information content (AvgIpc) is 2.75. The van der Waals surface area contributed by atoms with Crippen LogP contribution >= 0.6 is 0 Å². The van der Waals surface area contributed by atoms with Crippen LogP contribution < -0.4 is 0 Å². The first-order valence-electron chi connectivity index (χ1n) is 9.82. The third-order valence-electron chi connectivity index (χ3n) is 5.31. The van der Waals surface area contributed by atoms with Gasteiger partial charge in [-0.3, -0.25) is 14.5 Å². The molecule has 2 heterocycles. The Labute approximate surface area is 166 Å². The molecule has 0 atom stereocenters. The van der Waals surface area contributed by atoms with Gasteiger partial charge in [-0.1, -0.05) is 29.9 Å². The number of allylic oxidation sites excluding steroid dienone is 4. The van der Waals surface area contributed by atoms with Crippen LogP contribution in [0.1, 0.15) is 30.1 Å². The van der Waals surface area contributed by atoms with Gasteiger partial charge in [0.25, 0.3) is 0 Å². The van der Waals surface area contributed by atoms with E-state index in [4.69, 9.17) is 0 Å². The van der Waals surface area contributed by atoms with E-state index in [0.717, 1.165) is 38.0 Å². The van der Waals surface area contributed by atoms with E-state index in [1.807, 2.05) is 30.1 Å². The Bertz CT molecular complexity index is 787. The molecule has 0 bridgehead atoms. The molecule has 0 N–H and O–H groups in total. The summed E-state index contributed by atoms with van der Waals surface area (Å²) >= 11 is 0. The molecule has 0 aromatic heterocycles. The van der Waals surface area contributed by atoms with Gasteiger partial charge in [-0.15, -0.1) is 0 Å². The number of carbonyl (C=O) groups excluding carboxylic acids is 2. The number of nitrogens with zero attached hydrogens (tertiary/aromatic N) is 2. The molecule has 0 radical (unpaired) electrons. The van der Waals surface area contributed by atoms with E-state index in [1.165, 1.54) is 12.1 Å². The maximum atomic E-state index is 13.0. The average molecular weight is 382 g/mol. The minimum atomic E-state index is -0.331. The number of piperidine rings is 1. The van der Waals surface area contributed by atoms with Crippen LogP contribution in [0.15, 0.2) is 60.2 Å². The van der Waals surface area contributed by atoms with Crippen molar-refractivity contribution in [2.45, 2.75) is 19.8 Å². The van der Waals surface area contributed by atoms with Gasteiger partial charge in [0.05, 0.1) is 6.54 Å². The molecule has 1 saturated heterocycles. The number of hydrogen-bond acceptors (Lipinski definition) is 3. The number of hydrogen-bond donors (Lipinski definition) is 0. The van der Waals surface area contributed by atoms with E-state index < -0.39 is 0 Å². The van der Waals surface area contributed by atoms with Gasteiger partial charge >= 0.3 is 0 Å². The maximum absolute atomic E-state index is 13.0. The van der Waals surface area contributed by atoms with Crippen molar-refractivity contribution in [2.75, 3.05) is 32.7 Å². The monoisotopic (exact) mass is 382 g/mol. The van der Waals surface area contributed by atoms with Crippen LogP contribution in [0, 0.1) is 11.7 Å². The predicted octanol–water partition coefficient (Wildman–Crippen LogP) is 3.62. The first-order chi connectivity index (χ1) is 13.5. The second-order valence-electron chi connectivity index (χ2n) is 7.63. The number of halogens is 1. The normalized spacial score (nSPS) is 23.3. The number of amides is 1. The van der Waals surface area contributed by atoms with Crippen molar-refractivity contribution in [3.63, 3.8) is 0 Å². The van der Waals surface area contributed by atoms with Crippen LogP contribution in [-0.4, -0.2) is 54.2 Å². The molecule has 2 aliphatic heterocycles. The van der Waals surface area contributed by atoms with Gasteiger partial charge < -0.3 is 4.90 Å². The van der Waals surface area contributed by atoms with Crippen LogP contribution in [0.25, 0.3) is 0 Å². The van der Waals surface area contributed by atoms with Gasteiger partial charge in [0.15, 0.2) is 5.78 Å². The highest BCUT2D eigenvalue weighted by molar-refractivity contribution is 5.97. The summed E-state index contributed by atoms with van der Waals surface area (Å²) in [5.74, 6) is 0.179. The van der Waals surface area contributed by atoms with E-state index in [9.17, 15) is 14.0 Å². The highest BCUT2D eigenvalue weighted by Gasteiger charge is 2.24. The van der Waals surface area contributed by atoms with Gasteiger partial charge in [0.2, 0.25) is 5.91 Å². The minimum absolute atomic E-state index is 0.0204. The van der Waals surface area contributed by atoms with E-state index in [1.54, 1.807) is 24.3 Å². The molecule has 0 aliphatic carbocycles. The molecule has 5 heteroatoms. The molecular weight excluding hydrogens is 355 g/mol. The molecule has 1 aromatic carbocycles. The summed E-state index contributed by atoms with van der Waals surface area (Å²) in [6, 6.07) is 5.72. The van der Waals surface area contributed by atoms with Crippen molar-refractivity contribution in [3.05, 3.63) is 71.6 Å². The minimum Gasteiger partial charge on any atom is -0.335 e. The largest absolute Gasteiger partial charge is 0.335 e. The van der Waals surface area contributed by atoms with Crippen LogP contribution in [0.3, 0.4) is 0 Å². The Hall–Kier alpha value is -2.53. The Morgan fingerprint density at radius 2 is 1.82 bits per heavy atom. The summed E-state index contributed by atoms with van der Waals surface area (Å²) in [7, 11) is 0. The van der Waals surface area contributed by atoms with Crippen molar-refractivity contribution in [3.8, 4) is 0 Å². The summed E-state index contributed by atoms with van der Waals surface area (Å²) in [5, 5.41) is 0. The van der Waals surface area contributed by atoms with Crippen LogP contribution in [-0.2, 0) is 4.79 Å². The molecular formula is C23H27FN2O2. The third kappa shape index (κ3) is 5.73. The summed E-state index contributed by atoms with van der Waals surface area (Å²) in [5.41, 5.74) is 1.71. The van der Waals surface area contributed by atoms with Crippen molar-refractivity contribution < 1.29 is 14.0 Å². The summed E-state index contributed by atoms with van der Waals surface area (Å²) < 4.78 is 13.0. The predicted molar refractivity (Wildman–Crippen MR) is 109 cm³/mol. The van der Waals surface area contributed by atoms with Crippen LogP contribution in [0.5, 0.6) is 0 Å². The topological polar surface area (TPSA) is 40.6 Å². The number of ketones is 1. The lowest BCUT2D eigenvalue weighted by atomic mass is 9.95. The first kappa shape index (κ1) is 20.2. The SMILES string of the molecule is C\C1=C/C=C\C=C\C(=O)N(CC2CCN(CC(=O)c3ccc(F)cc3)CC2)C1. The van der Waals surface area contributed by atoms with Crippen molar-refractivity contribution >= 4 is 11.7 Å². The maximum Gasteiger partial charge on any atom is 0.246 e. The van der Waals surface area contributed by atoms with Gasteiger partial charge in [-0.25, -0.2) is 4.39 Å². The quantitative estimate of drug-likeness (QED) is 0.731. The van der Waals surface area contributed by atoms with E-state index in [-0.39, 0.29) is 17.5 Å². The lowest BCUT2D eigenvalue weighted by Gasteiger charge is -2.34. The molecule has 28 heavy (non-hydrogen) atoms. The van der Waals surface area contributed by atoms with Crippen molar-refractivity contribution in [2.24, 2.45) is 5.92 Å². The first-order valence-corrected chi connectivity index (χ1v) is 9.82. The second kappa shape index (κ2) is 9.60. The Morgan fingerprint density at radius 3 is 2.54 bits per heavy atom. The lowest BCUT2D eigenvalue weighted by molar-refractivity contribution is -0.126. The molecule has 0 spiro atoms. The van der Waals surface area contributed by atoms with E-state index >= 15 is 0 Å². The zero-order valence-electron chi connectivity index (χ0n) is 16.3. The standard InChI is InChI=1S/C23H27FN2O2/c1-18-5-3-2-4-6-23(28)26(15-18)16-19-11-13-25(14-12-19)17-22(27)20-7-9-21(24)10-8-20/h2-10,19H,11-17H2,1H3/b3-2-,6-4+,18-5+. The molecule has 3 rings (SSSR count). The Kier molecular flexibility index (Phi) is 6.93. The lowest BCUT2D eigenvalue weighted by Crippen LogP contribution is -2.42. The molecule has 1 aromatic rings. The van der Waals surface area contributed by atoms with E-state index in [2.05, 4.69) is 4.90 Å². The number of carbonyl (C=O) groups is 2. The smallest absolute Gasteiger partial charge is 0.246 e. The number of likely N-dealkylation sites (tertiary alicyclic amines) is 1. The number of benzene rings is 1. The van der Waals surface area contributed by atoms with Gasteiger partial charge in [-0.05, 0) is 63.0 Å². The fraction of sp³-hybridized carbons (Fsp3) is 0.391. The fourth-order valence-corrected chi connectivity index (χ4v) is 3.68. The Morgan fingerprint density at radius 1 is 1.11 bits per heavy atom. The molecule has 0 saturated carbocycles. The summed E-state index contributed by atoms with van der Waals surface area (Å²) in [6.07, 6.45) is 11.2. The molecule has 4 nitrogen and oxygen atoms in total.